The van der Waals surface area contributed by atoms with E-state index in [1.54, 1.807) is 0 Å². The summed E-state index contributed by atoms with van der Waals surface area (Å²) in [6.07, 6.45) is 2.48. The minimum absolute atomic E-state index is 0.355. The molecule has 2 heteroatoms. The average Bonchev–Trinajstić information content (AvgIpc) is 2.46. The third-order valence-electron chi connectivity index (χ3n) is 3.28. The third-order valence-corrected chi connectivity index (χ3v) is 3.28. The normalized spacial score (nSPS) is 12.3. The number of benzene rings is 2. The molecule has 2 aromatic carbocycles. The fraction of sp³-hybridized carbons (Fsp3) is 0.294. The van der Waals surface area contributed by atoms with Gasteiger partial charge in [-0.1, -0.05) is 43.0 Å². The van der Waals surface area contributed by atoms with Gasteiger partial charge in [-0.15, -0.1) is 0 Å². The summed E-state index contributed by atoms with van der Waals surface area (Å²) in [5.41, 5.74) is 1.32. The molecule has 0 bridgehead atoms. The van der Waals surface area contributed by atoms with Crippen LogP contribution in [0.5, 0.6) is 0 Å². The van der Waals surface area contributed by atoms with Crippen LogP contribution in [0.2, 0.25) is 0 Å². The van der Waals surface area contributed by atoms with Crippen LogP contribution < -0.4 is 5.32 Å². The van der Waals surface area contributed by atoms with Gasteiger partial charge in [0.1, 0.15) is 0 Å². The van der Waals surface area contributed by atoms with Crippen molar-refractivity contribution in [1.29, 1.82) is 0 Å². The zero-order chi connectivity index (χ0) is 13.5. The summed E-state index contributed by atoms with van der Waals surface area (Å²) in [6.45, 7) is 7.39. The van der Waals surface area contributed by atoms with Gasteiger partial charge in [0.05, 0.1) is 12.9 Å². The van der Waals surface area contributed by atoms with Crippen LogP contribution in [-0.2, 0) is 4.74 Å². The molecule has 0 saturated carbocycles. The molecule has 0 aliphatic carbocycles. The maximum absolute atomic E-state index is 5.10. The van der Waals surface area contributed by atoms with E-state index in [1.807, 2.05) is 0 Å². The van der Waals surface area contributed by atoms with Gasteiger partial charge in [0, 0.05) is 6.04 Å². The first-order valence-electron chi connectivity index (χ1n) is 6.76. The van der Waals surface area contributed by atoms with Crippen LogP contribution in [0, 0.1) is 0 Å². The highest BCUT2D eigenvalue weighted by atomic mass is 16.5. The largest absolute Gasteiger partial charge is 0.502 e. The molecule has 0 amide bonds. The van der Waals surface area contributed by atoms with E-state index in [9.17, 15) is 0 Å². The molecular weight excluding hydrogens is 234 g/mol. The van der Waals surface area contributed by atoms with Crippen molar-refractivity contribution in [3.05, 3.63) is 60.9 Å². The first-order valence-corrected chi connectivity index (χ1v) is 6.76. The second-order valence-corrected chi connectivity index (χ2v) is 4.67. The van der Waals surface area contributed by atoms with Crippen molar-refractivity contribution in [2.45, 2.75) is 19.4 Å². The highest BCUT2D eigenvalue weighted by Crippen LogP contribution is 2.20. The molecule has 2 aromatic rings. The Morgan fingerprint density at radius 2 is 2.00 bits per heavy atom. The molecule has 2 nitrogen and oxygen atoms in total. The van der Waals surface area contributed by atoms with Crippen LogP contribution in [-0.4, -0.2) is 13.2 Å². The number of nitrogens with one attached hydrogen (secondary N) is 1. The number of ether oxygens (including phenoxy) is 1. The Morgan fingerprint density at radius 1 is 1.21 bits per heavy atom. The first kappa shape index (κ1) is 13.6. The first-order chi connectivity index (χ1) is 9.31. The predicted molar refractivity (Wildman–Crippen MR) is 81.1 cm³/mol. The summed E-state index contributed by atoms with van der Waals surface area (Å²) in [7, 11) is 0. The zero-order valence-corrected chi connectivity index (χ0v) is 11.4. The van der Waals surface area contributed by atoms with Crippen LogP contribution in [0.15, 0.2) is 55.3 Å². The molecule has 2 rings (SSSR count). The predicted octanol–water partition coefficient (Wildman–Crippen LogP) is 4.04. The van der Waals surface area contributed by atoms with Crippen LogP contribution in [0.25, 0.3) is 10.8 Å². The summed E-state index contributed by atoms with van der Waals surface area (Å²) in [5, 5.41) is 6.09. The number of hydrogen-bond donors (Lipinski definition) is 1. The monoisotopic (exact) mass is 255 g/mol. The second kappa shape index (κ2) is 6.95. The van der Waals surface area contributed by atoms with Gasteiger partial charge >= 0.3 is 0 Å². The quantitative estimate of drug-likeness (QED) is 0.595. The third kappa shape index (κ3) is 3.83. The Kier molecular flexibility index (Phi) is 4.99. The number of fused-ring (bicyclic) bond motifs is 1. The molecule has 0 radical (unpaired) electrons. The fourth-order valence-corrected chi connectivity index (χ4v) is 2.15. The van der Waals surface area contributed by atoms with E-state index >= 15 is 0 Å². The Bertz CT molecular complexity index is 536. The molecule has 0 aliphatic heterocycles. The Balaban J connectivity index is 1.93. The standard InChI is InChI=1S/C17H21NO/c1-3-19-12-6-11-18-14(2)16-10-9-15-7-4-5-8-17(15)13-16/h3-5,7-10,13-14,18H,1,6,11-12H2,2H3. The van der Waals surface area contributed by atoms with Crippen molar-refractivity contribution in [2.75, 3.05) is 13.2 Å². The lowest BCUT2D eigenvalue weighted by Gasteiger charge is -2.15. The van der Waals surface area contributed by atoms with E-state index in [2.05, 4.69) is 61.3 Å². The van der Waals surface area contributed by atoms with E-state index in [0.717, 1.165) is 19.6 Å². The summed E-state index contributed by atoms with van der Waals surface area (Å²) in [4.78, 5) is 0. The lowest BCUT2D eigenvalue weighted by Crippen LogP contribution is -2.20. The van der Waals surface area contributed by atoms with Crippen molar-refractivity contribution >= 4 is 10.8 Å². The molecular formula is C17H21NO. The molecule has 100 valence electrons. The maximum atomic E-state index is 5.10. The van der Waals surface area contributed by atoms with Gasteiger partial charge in [-0.25, -0.2) is 0 Å². The summed E-state index contributed by atoms with van der Waals surface area (Å²) < 4.78 is 5.10. The molecule has 0 aromatic heterocycles. The minimum Gasteiger partial charge on any atom is -0.502 e. The Hall–Kier alpha value is -1.80. The highest BCUT2D eigenvalue weighted by Gasteiger charge is 2.04. The number of hydrogen-bond acceptors (Lipinski definition) is 2. The molecule has 0 saturated heterocycles. The van der Waals surface area contributed by atoms with Gasteiger partial charge < -0.3 is 10.1 Å². The molecule has 19 heavy (non-hydrogen) atoms. The molecule has 1 unspecified atom stereocenters. The molecule has 0 aliphatic rings. The molecule has 1 N–H and O–H groups in total. The number of rotatable bonds is 7. The van der Waals surface area contributed by atoms with Gasteiger partial charge in [0.25, 0.3) is 0 Å². The topological polar surface area (TPSA) is 21.3 Å². The minimum atomic E-state index is 0.355. The second-order valence-electron chi connectivity index (χ2n) is 4.67. The Morgan fingerprint density at radius 3 is 2.79 bits per heavy atom. The highest BCUT2D eigenvalue weighted by molar-refractivity contribution is 5.83. The molecule has 0 spiro atoms. The smallest absolute Gasteiger partial charge is 0.0885 e. The summed E-state index contributed by atoms with van der Waals surface area (Å²) in [6, 6.07) is 15.4. The van der Waals surface area contributed by atoms with Crippen LogP contribution in [0.3, 0.4) is 0 Å². The van der Waals surface area contributed by atoms with E-state index < -0.39 is 0 Å². The van der Waals surface area contributed by atoms with Crippen molar-refractivity contribution in [3.8, 4) is 0 Å². The van der Waals surface area contributed by atoms with E-state index in [4.69, 9.17) is 4.74 Å². The summed E-state index contributed by atoms with van der Waals surface area (Å²) >= 11 is 0. The SMILES string of the molecule is C=COCCCNC(C)c1ccc2ccccc2c1. The van der Waals surface area contributed by atoms with Crippen LogP contribution in [0.4, 0.5) is 0 Å². The van der Waals surface area contributed by atoms with Gasteiger partial charge in [0.15, 0.2) is 0 Å². The lowest BCUT2D eigenvalue weighted by molar-refractivity contribution is 0.243. The van der Waals surface area contributed by atoms with E-state index in [-0.39, 0.29) is 0 Å². The average molecular weight is 255 g/mol. The molecule has 0 fully saturated rings. The Labute approximate surface area is 115 Å². The van der Waals surface area contributed by atoms with Crippen molar-refractivity contribution in [3.63, 3.8) is 0 Å². The van der Waals surface area contributed by atoms with Crippen molar-refractivity contribution in [1.82, 2.24) is 5.32 Å². The van der Waals surface area contributed by atoms with E-state index in [0.29, 0.717) is 6.04 Å². The van der Waals surface area contributed by atoms with Gasteiger partial charge in [-0.2, -0.15) is 0 Å². The molecule has 0 heterocycles. The summed E-state index contributed by atoms with van der Waals surface area (Å²) in [5.74, 6) is 0. The molecule has 1 atom stereocenters. The van der Waals surface area contributed by atoms with Crippen LogP contribution in [0.1, 0.15) is 24.9 Å². The zero-order valence-electron chi connectivity index (χ0n) is 11.4. The lowest BCUT2D eigenvalue weighted by atomic mass is 10.0. The van der Waals surface area contributed by atoms with E-state index in [1.165, 1.54) is 22.6 Å². The van der Waals surface area contributed by atoms with Gasteiger partial charge in [-0.05, 0) is 42.3 Å². The maximum Gasteiger partial charge on any atom is 0.0885 e. The fourth-order valence-electron chi connectivity index (χ4n) is 2.15. The van der Waals surface area contributed by atoms with Crippen LogP contribution >= 0.6 is 0 Å². The van der Waals surface area contributed by atoms with Crippen molar-refractivity contribution < 1.29 is 4.74 Å². The van der Waals surface area contributed by atoms with Crippen molar-refractivity contribution in [2.24, 2.45) is 0 Å². The van der Waals surface area contributed by atoms with Gasteiger partial charge in [-0.3, -0.25) is 0 Å². The van der Waals surface area contributed by atoms with Gasteiger partial charge in [0.2, 0.25) is 0 Å².